The largest absolute Gasteiger partial charge is 0.493 e. The zero-order valence-corrected chi connectivity index (χ0v) is 28.3. The molecule has 4 aromatic rings. The van der Waals surface area contributed by atoms with Gasteiger partial charge in [-0.15, -0.1) is 0 Å². The predicted molar refractivity (Wildman–Crippen MR) is 177 cm³/mol. The molecular weight excluding hydrogens is 677 g/mol. The summed E-state index contributed by atoms with van der Waals surface area (Å²) in [4.78, 5) is 32.7. The molecule has 0 spiro atoms. The fourth-order valence-corrected chi connectivity index (χ4v) is 6.97. The van der Waals surface area contributed by atoms with Crippen molar-refractivity contribution in [1.82, 2.24) is 9.13 Å². The highest BCUT2D eigenvalue weighted by Gasteiger charge is 2.34. The van der Waals surface area contributed by atoms with Crippen molar-refractivity contribution in [3.63, 3.8) is 0 Å². The molecule has 2 aromatic heterocycles. The highest BCUT2D eigenvalue weighted by atomic mass is 127. The first-order chi connectivity index (χ1) is 20.6. The Morgan fingerprint density at radius 1 is 1.05 bits per heavy atom. The second-order valence-corrected chi connectivity index (χ2v) is 12.4. The maximum Gasteiger partial charge on any atom is 0.338 e. The lowest BCUT2D eigenvalue weighted by Crippen LogP contribution is -2.40. The van der Waals surface area contributed by atoms with E-state index in [4.69, 9.17) is 19.2 Å². The number of ether oxygens (including phenoxy) is 3. The molecule has 1 aliphatic heterocycles. The summed E-state index contributed by atoms with van der Waals surface area (Å²) < 4.78 is 22.3. The van der Waals surface area contributed by atoms with Crippen LogP contribution < -0.4 is 24.4 Å². The van der Waals surface area contributed by atoms with Gasteiger partial charge in [-0.05, 0) is 117 Å². The van der Waals surface area contributed by atoms with Gasteiger partial charge in [0.05, 0.1) is 42.2 Å². The highest BCUT2D eigenvalue weighted by molar-refractivity contribution is 14.1. The van der Waals surface area contributed by atoms with Crippen LogP contribution in [0.15, 0.2) is 63.5 Å². The first kappa shape index (κ1) is 30.8. The van der Waals surface area contributed by atoms with Crippen LogP contribution in [-0.4, -0.2) is 35.4 Å². The molecule has 8 nitrogen and oxygen atoms in total. The number of aromatic nitrogens is 2. The van der Waals surface area contributed by atoms with Gasteiger partial charge in [0.25, 0.3) is 5.56 Å². The van der Waals surface area contributed by atoms with Crippen molar-refractivity contribution < 1.29 is 19.0 Å². The van der Waals surface area contributed by atoms with Crippen LogP contribution in [0.5, 0.6) is 11.5 Å². The Morgan fingerprint density at radius 3 is 2.49 bits per heavy atom. The van der Waals surface area contributed by atoms with E-state index >= 15 is 0 Å². The average Bonchev–Trinajstić information content (AvgIpc) is 3.43. The molecule has 0 saturated heterocycles. The van der Waals surface area contributed by atoms with Crippen LogP contribution in [-0.2, 0) is 9.53 Å². The summed E-state index contributed by atoms with van der Waals surface area (Å²) in [5, 5.41) is 0. The van der Waals surface area contributed by atoms with E-state index in [1.165, 1.54) is 20.5 Å². The van der Waals surface area contributed by atoms with Gasteiger partial charge < -0.3 is 18.8 Å². The summed E-state index contributed by atoms with van der Waals surface area (Å²) in [6.07, 6.45) is 1.92. The standard InChI is InChI=1S/C33H34IN3O5S/c1-8-41-27-15-22(11-13-26(27)40-7)30-29(32(39)42-9-2)20(5)35-33-37(30)31(38)28(43-33)16-23-14-19(4)36(21(23)6)24-12-10-18(3)25(34)17-24/h10-17,30H,8-9H2,1-7H3/b28-16-/t30-/m0/s1. The number of nitrogens with zero attached hydrogens (tertiary/aromatic N) is 3. The molecular formula is C33H34IN3O5S. The lowest BCUT2D eigenvalue weighted by Gasteiger charge is -2.25. The van der Waals surface area contributed by atoms with Gasteiger partial charge in [-0.1, -0.05) is 23.5 Å². The van der Waals surface area contributed by atoms with Gasteiger partial charge in [-0.3, -0.25) is 9.36 Å². The van der Waals surface area contributed by atoms with Crippen molar-refractivity contribution in [2.45, 2.75) is 47.6 Å². The first-order valence-electron chi connectivity index (χ1n) is 14.0. The molecule has 10 heteroatoms. The second kappa shape index (κ2) is 12.5. The average molecular weight is 712 g/mol. The minimum atomic E-state index is -0.746. The van der Waals surface area contributed by atoms with Crippen LogP contribution >= 0.6 is 33.9 Å². The van der Waals surface area contributed by atoms with Crippen LogP contribution in [0.3, 0.4) is 0 Å². The zero-order chi connectivity index (χ0) is 31.0. The third kappa shape index (κ3) is 5.70. The van der Waals surface area contributed by atoms with Gasteiger partial charge in [0.15, 0.2) is 16.3 Å². The molecule has 0 saturated carbocycles. The number of carbonyl (C=O) groups is 1. The smallest absolute Gasteiger partial charge is 0.338 e. The van der Waals surface area contributed by atoms with E-state index in [1.54, 1.807) is 31.6 Å². The number of allylic oxidation sites excluding steroid dienone is 1. The van der Waals surface area contributed by atoms with E-state index in [9.17, 15) is 9.59 Å². The van der Waals surface area contributed by atoms with E-state index in [0.717, 1.165) is 22.6 Å². The molecule has 1 atom stereocenters. The maximum atomic E-state index is 14.2. The molecule has 2 aromatic carbocycles. The molecule has 0 radical (unpaired) electrons. The van der Waals surface area contributed by atoms with E-state index < -0.39 is 12.0 Å². The fourth-order valence-electron chi connectivity index (χ4n) is 5.43. The number of hydrogen-bond donors (Lipinski definition) is 0. The summed E-state index contributed by atoms with van der Waals surface area (Å²) in [6, 6.07) is 13.2. The van der Waals surface area contributed by atoms with Crippen molar-refractivity contribution in [3.05, 3.63) is 105 Å². The van der Waals surface area contributed by atoms with Crippen LogP contribution in [0.2, 0.25) is 0 Å². The number of methoxy groups -OCH3 is 1. The number of benzene rings is 2. The number of fused-ring (bicyclic) bond motifs is 1. The number of thiazole rings is 1. The van der Waals surface area contributed by atoms with Gasteiger partial charge in [-0.25, -0.2) is 9.79 Å². The van der Waals surface area contributed by atoms with Crippen molar-refractivity contribution in [3.8, 4) is 17.2 Å². The molecule has 0 fully saturated rings. The second-order valence-electron chi connectivity index (χ2n) is 10.2. The molecule has 0 bridgehead atoms. The minimum absolute atomic E-state index is 0.204. The summed E-state index contributed by atoms with van der Waals surface area (Å²) in [5.74, 6) is 0.587. The van der Waals surface area contributed by atoms with Crippen molar-refractivity contribution in [1.29, 1.82) is 0 Å². The summed E-state index contributed by atoms with van der Waals surface area (Å²) in [5.41, 5.74) is 6.64. The Kier molecular flexibility index (Phi) is 8.98. The Morgan fingerprint density at radius 2 is 1.81 bits per heavy atom. The van der Waals surface area contributed by atoms with Crippen LogP contribution in [0, 0.1) is 24.3 Å². The summed E-state index contributed by atoms with van der Waals surface area (Å²) in [6.45, 7) is 12.3. The summed E-state index contributed by atoms with van der Waals surface area (Å²) >= 11 is 3.66. The molecule has 224 valence electrons. The van der Waals surface area contributed by atoms with Crippen molar-refractivity contribution in [2.75, 3.05) is 20.3 Å². The number of hydrogen-bond acceptors (Lipinski definition) is 7. The number of halogens is 1. The summed E-state index contributed by atoms with van der Waals surface area (Å²) in [7, 11) is 1.57. The van der Waals surface area contributed by atoms with Crippen LogP contribution in [0.25, 0.3) is 11.8 Å². The van der Waals surface area contributed by atoms with Crippen LogP contribution in [0.4, 0.5) is 0 Å². The molecule has 0 aliphatic carbocycles. The molecule has 1 aliphatic rings. The number of esters is 1. The number of aryl methyl sites for hydroxylation is 2. The third-order valence-corrected chi connectivity index (χ3v) is 9.64. The monoisotopic (exact) mass is 711 g/mol. The Balaban J connectivity index is 1.70. The fraction of sp³-hybridized carbons (Fsp3) is 0.303. The third-order valence-electron chi connectivity index (χ3n) is 7.49. The van der Waals surface area contributed by atoms with E-state index in [-0.39, 0.29) is 12.2 Å². The van der Waals surface area contributed by atoms with Crippen molar-refractivity contribution in [2.24, 2.45) is 4.99 Å². The van der Waals surface area contributed by atoms with E-state index in [1.807, 2.05) is 25.1 Å². The van der Waals surface area contributed by atoms with Gasteiger partial charge in [-0.2, -0.15) is 0 Å². The maximum absolute atomic E-state index is 14.2. The van der Waals surface area contributed by atoms with Gasteiger partial charge in [0.2, 0.25) is 0 Å². The first-order valence-corrected chi connectivity index (χ1v) is 15.9. The number of carbonyl (C=O) groups excluding carboxylic acids is 1. The Bertz CT molecular complexity index is 1950. The topological polar surface area (TPSA) is 84.1 Å². The Labute approximate surface area is 268 Å². The zero-order valence-electron chi connectivity index (χ0n) is 25.3. The predicted octanol–water partition coefficient (Wildman–Crippen LogP) is 5.53. The number of rotatable bonds is 8. The molecule has 3 heterocycles. The lowest BCUT2D eigenvalue weighted by molar-refractivity contribution is -0.139. The minimum Gasteiger partial charge on any atom is -0.493 e. The molecule has 43 heavy (non-hydrogen) atoms. The molecule has 0 N–H and O–H groups in total. The van der Waals surface area contributed by atoms with Gasteiger partial charge >= 0.3 is 5.97 Å². The molecule has 0 amide bonds. The normalized spacial score (nSPS) is 14.9. The van der Waals surface area contributed by atoms with Gasteiger partial charge in [0.1, 0.15) is 0 Å². The Hall–Kier alpha value is -3.64. The van der Waals surface area contributed by atoms with E-state index in [2.05, 4.69) is 72.2 Å². The molecule has 0 unspecified atom stereocenters. The molecule has 5 rings (SSSR count). The van der Waals surface area contributed by atoms with E-state index in [0.29, 0.717) is 44.3 Å². The highest BCUT2D eigenvalue weighted by Crippen LogP contribution is 2.36. The van der Waals surface area contributed by atoms with Crippen LogP contribution in [0.1, 0.15) is 54.9 Å². The quantitative estimate of drug-likeness (QED) is 0.178. The lowest BCUT2D eigenvalue weighted by atomic mass is 9.95. The SMILES string of the molecule is CCOC(=O)C1=C(C)N=c2s/c(=C\c3cc(C)n(-c4ccc(C)c(I)c4)c3C)c(=O)n2[C@H]1c1ccc(OC)c(OCC)c1. The van der Waals surface area contributed by atoms with Gasteiger partial charge in [0, 0.05) is 20.6 Å². The van der Waals surface area contributed by atoms with Crippen molar-refractivity contribution >= 4 is 46.0 Å².